The van der Waals surface area contributed by atoms with Gasteiger partial charge in [-0.15, -0.1) is 10.2 Å². The van der Waals surface area contributed by atoms with Crippen LogP contribution in [0.15, 0.2) is 16.5 Å². The molecule has 8 heteroatoms. The van der Waals surface area contributed by atoms with Gasteiger partial charge in [0.2, 0.25) is 5.89 Å². The molecule has 0 spiro atoms. The van der Waals surface area contributed by atoms with Gasteiger partial charge >= 0.3 is 5.00 Å². The molecule has 0 radical (unpaired) electrons. The number of thiophene rings is 1. The van der Waals surface area contributed by atoms with Crippen LogP contribution in [0.1, 0.15) is 24.1 Å². The predicted molar refractivity (Wildman–Crippen MR) is 66.2 cm³/mol. The van der Waals surface area contributed by atoms with Gasteiger partial charge in [-0.2, -0.15) is 0 Å². The monoisotopic (exact) mass is 317 g/mol. The summed E-state index contributed by atoms with van der Waals surface area (Å²) < 4.78 is 5.43. The van der Waals surface area contributed by atoms with E-state index in [-0.39, 0.29) is 9.83 Å². The van der Waals surface area contributed by atoms with Crippen LogP contribution in [0.2, 0.25) is 0 Å². The quantitative estimate of drug-likeness (QED) is 0.489. The van der Waals surface area contributed by atoms with Gasteiger partial charge in [-0.25, -0.2) is 0 Å². The SMILES string of the molecule is CCC(Br)c1nnc(-c2ccc([N+](=O)[O-])s2)o1. The molecule has 17 heavy (non-hydrogen) atoms. The van der Waals surface area contributed by atoms with Crippen molar-refractivity contribution in [3.8, 4) is 10.8 Å². The Morgan fingerprint density at radius 1 is 1.59 bits per heavy atom. The van der Waals surface area contributed by atoms with Crippen LogP contribution >= 0.6 is 27.3 Å². The Kier molecular flexibility index (Phi) is 3.53. The van der Waals surface area contributed by atoms with E-state index in [1.54, 1.807) is 6.07 Å². The Bertz CT molecular complexity index is 539. The molecule has 2 heterocycles. The molecule has 0 fully saturated rings. The van der Waals surface area contributed by atoms with Crippen molar-refractivity contribution in [1.82, 2.24) is 10.2 Å². The van der Waals surface area contributed by atoms with Gasteiger partial charge in [0.1, 0.15) is 0 Å². The zero-order chi connectivity index (χ0) is 12.4. The molecule has 1 atom stereocenters. The molecule has 0 aliphatic rings. The average molecular weight is 318 g/mol. The first-order valence-corrected chi connectivity index (χ1v) is 6.57. The zero-order valence-electron chi connectivity index (χ0n) is 8.79. The molecule has 0 amide bonds. The largest absolute Gasteiger partial charge is 0.419 e. The molecule has 0 bridgehead atoms. The van der Waals surface area contributed by atoms with Crippen LogP contribution in [0, 0.1) is 10.1 Å². The van der Waals surface area contributed by atoms with Gasteiger partial charge in [-0.3, -0.25) is 10.1 Å². The minimum absolute atomic E-state index is 0.0127. The van der Waals surface area contributed by atoms with E-state index < -0.39 is 4.92 Å². The van der Waals surface area contributed by atoms with Gasteiger partial charge in [-0.05, 0) is 12.5 Å². The van der Waals surface area contributed by atoms with E-state index in [0.717, 1.165) is 17.8 Å². The average Bonchev–Trinajstić information content (AvgIpc) is 2.95. The number of nitro groups is 1. The second kappa shape index (κ2) is 4.92. The fraction of sp³-hybridized carbons (Fsp3) is 0.333. The summed E-state index contributed by atoms with van der Waals surface area (Å²) in [6, 6.07) is 3.03. The van der Waals surface area contributed by atoms with Gasteiger partial charge in [0.25, 0.3) is 5.89 Å². The summed E-state index contributed by atoms with van der Waals surface area (Å²) in [6.07, 6.45) is 0.826. The van der Waals surface area contributed by atoms with E-state index in [2.05, 4.69) is 26.1 Å². The maximum absolute atomic E-state index is 10.5. The van der Waals surface area contributed by atoms with Gasteiger partial charge in [0.15, 0.2) is 0 Å². The molecule has 2 aromatic heterocycles. The van der Waals surface area contributed by atoms with Crippen LogP contribution in [0.25, 0.3) is 10.8 Å². The maximum atomic E-state index is 10.5. The van der Waals surface area contributed by atoms with Crippen LogP contribution in [-0.4, -0.2) is 15.1 Å². The summed E-state index contributed by atoms with van der Waals surface area (Å²) in [5.41, 5.74) is 0. The zero-order valence-corrected chi connectivity index (χ0v) is 11.2. The number of nitrogens with zero attached hydrogens (tertiary/aromatic N) is 3. The fourth-order valence-corrected chi connectivity index (χ4v) is 2.10. The molecule has 2 aromatic rings. The Labute approximate surface area is 109 Å². The lowest BCUT2D eigenvalue weighted by atomic mass is 10.3. The predicted octanol–water partition coefficient (Wildman–Crippen LogP) is 3.55. The van der Waals surface area contributed by atoms with Crippen molar-refractivity contribution < 1.29 is 9.34 Å². The summed E-state index contributed by atoms with van der Waals surface area (Å²) >= 11 is 4.41. The molecule has 0 saturated heterocycles. The van der Waals surface area contributed by atoms with Crippen molar-refractivity contribution in [2.75, 3.05) is 0 Å². The summed E-state index contributed by atoms with van der Waals surface area (Å²) in [4.78, 5) is 10.7. The van der Waals surface area contributed by atoms with Gasteiger partial charge < -0.3 is 4.42 Å². The summed E-state index contributed by atoms with van der Waals surface area (Å²) in [5, 5.41) is 18.4. The second-order valence-corrected chi connectivity index (χ2v) is 5.38. The van der Waals surface area contributed by atoms with Crippen LogP contribution in [0.4, 0.5) is 5.00 Å². The molecule has 6 nitrogen and oxygen atoms in total. The summed E-state index contributed by atoms with van der Waals surface area (Å²) in [6.45, 7) is 1.99. The fourth-order valence-electron chi connectivity index (χ4n) is 1.18. The van der Waals surface area contributed by atoms with E-state index in [4.69, 9.17) is 4.42 Å². The minimum Gasteiger partial charge on any atom is -0.419 e. The number of halogens is 1. The lowest BCUT2D eigenvalue weighted by Gasteiger charge is -1.97. The number of rotatable bonds is 4. The minimum atomic E-state index is -0.440. The van der Waals surface area contributed by atoms with E-state index in [1.807, 2.05) is 6.92 Å². The lowest BCUT2D eigenvalue weighted by Crippen LogP contribution is -1.86. The van der Waals surface area contributed by atoms with Crippen molar-refractivity contribution in [2.24, 2.45) is 0 Å². The number of alkyl halides is 1. The molecular formula is C9H8BrN3O3S. The third-order valence-corrected chi connectivity index (χ3v) is 4.11. The normalized spacial score (nSPS) is 12.6. The number of hydrogen-bond donors (Lipinski definition) is 0. The lowest BCUT2D eigenvalue weighted by molar-refractivity contribution is -0.380. The molecule has 1 unspecified atom stereocenters. The molecule has 0 aliphatic carbocycles. The smallest absolute Gasteiger partial charge is 0.324 e. The molecule has 0 saturated carbocycles. The standard InChI is InChI=1S/C9H8BrN3O3S/c1-2-5(10)8-11-12-9(16-8)6-3-4-7(17-6)13(14)15/h3-5H,2H2,1H3. The first-order chi connectivity index (χ1) is 8.11. The molecule has 0 aromatic carbocycles. The van der Waals surface area contributed by atoms with Crippen LogP contribution in [0.5, 0.6) is 0 Å². The molecular weight excluding hydrogens is 310 g/mol. The van der Waals surface area contributed by atoms with E-state index in [0.29, 0.717) is 16.7 Å². The molecule has 0 N–H and O–H groups in total. The van der Waals surface area contributed by atoms with Crippen molar-refractivity contribution in [3.63, 3.8) is 0 Å². The third kappa shape index (κ3) is 2.52. The number of aromatic nitrogens is 2. The van der Waals surface area contributed by atoms with E-state index >= 15 is 0 Å². The summed E-state index contributed by atoms with van der Waals surface area (Å²) in [5.74, 6) is 0.801. The maximum Gasteiger partial charge on any atom is 0.324 e. The highest BCUT2D eigenvalue weighted by atomic mass is 79.9. The molecule has 2 rings (SSSR count). The molecule has 90 valence electrons. The Hall–Kier alpha value is -1.28. The Balaban J connectivity index is 2.27. The highest BCUT2D eigenvalue weighted by Crippen LogP contribution is 2.33. The van der Waals surface area contributed by atoms with Crippen LogP contribution < -0.4 is 0 Å². The van der Waals surface area contributed by atoms with E-state index in [1.165, 1.54) is 6.07 Å². The highest BCUT2D eigenvalue weighted by Gasteiger charge is 2.18. The Morgan fingerprint density at radius 2 is 2.35 bits per heavy atom. The topological polar surface area (TPSA) is 82.1 Å². The van der Waals surface area contributed by atoms with Gasteiger partial charge in [-0.1, -0.05) is 34.2 Å². The van der Waals surface area contributed by atoms with Crippen LogP contribution in [-0.2, 0) is 0 Å². The van der Waals surface area contributed by atoms with Crippen molar-refractivity contribution in [1.29, 1.82) is 0 Å². The van der Waals surface area contributed by atoms with Crippen molar-refractivity contribution >= 4 is 32.3 Å². The third-order valence-electron chi connectivity index (χ3n) is 2.05. The summed E-state index contributed by atoms with van der Waals surface area (Å²) in [7, 11) is 0. The number of hydrogen-bond acceptors (Lipinski definition) is 6. The van der Waals surface area contributed by atoms with Crippen molar-refractivity contribution in [3.05, 3.63) is 28.1 Å². The van der Waals surface area contributed by atoms with E-state index in [9.17, 15) is 10.1 Å². The first-order valence-electron chi connectivity index (χ1n) is 4.84. The van der Waals surface area contributed by atoms with Gasteiger partial charge in [0, 0.05) is 6.07 Å². The Morgan fingerprint density at radius 3 is 2.94 bits per heavy atom. The highest BCUT2D eigenvalue weighted by molar-refractivity contribution is 9.09. The van der Waals surface area contributed by atoms with Crippen molar-refractivity contribution in [2.45, 2.75) is 18.2 Å². The van der Waals surface area contributed by atoms with Gasteiger partial charge in [0.05, 0.1) is 14.6 Å². The first kappa shape index (κ1) is 12.2. The second-order valence-electron chi connectivity index (χ2n) is 3.22. The van der Waals surface area contributed by atoms with Crippen LogP contribution in [0.3, 0.4) is 0 Å². The molecule has 0 aliphatic heterocycles.